The molecule has 0 aliphatic carbocycles. The number of nitrogens with zero attached hydrogens (tertiary/aromatic N) is 1. The number of fused-ring (bicyclic) bond motifs is 1. The van der Waals surface area contributed by atoms with Crippen LogP contribution in [0, 0.1) is 0 Å². The van der Waals surface area contributed by atoms with Crippen LogP contribution in [0.3, 0.4) is 0 Å². The zero-order valence-electron chi connectivity index (χ0n) is 14.5. The average molecular weight is 358 g/mol. The highest BCUT2D eigenvalue weighted by atomic mass is 16.3. The topological polar surface area (TPSA) is 69.6 Å². The molecule has 0 saturated carbocycles. The third kappa shape index (κ3) is 3.15. The first-order valence-corrected chi connectivity index (χ1v) is 8.68. The molecule has 1 aliphatic heterocycles. The van der Waals surface area contributed by atoms with Gasteiger partial charge in [0.2, 0.25) is 0 Å². The summed E-state index contributed by atoms with van der Waals surface area (Å²) in [5.74, 6) is -0.565. The third-order valence-corrected chi connectivity index (χ3v) is 4.69. The fourth-order valence-electron chi connectivity index (χ4n) is 3.37. The van der Waals surface area contributed by atoms with E-state index in [-0.39, 0.29) is 17.6 Å². The summed E-state index contributed by atoms with van der Waals surface area (Å²) in [7, 11) is 0. The monoisotopic (exact) mass is 358 g/mol. The van der Waals surface area contributed by atoms with E-state index in [9.17, 15) is 14.7 Å². The molecular weight excluding hydrogens is 340 g/mol. The molecule has 4 rings (SSSR count). The number of aromatic hydroxyl groups is 1. The van der Waals surface area contributed by atoms with Gasteiger partial charge in [-0.3, -0.25) is 9.59 Å². The van der Waals surface area contributed by atoms with Gasteiger partial charge in [0.1, 0.15) is 11.8 Å². The second-order valence-electron chi connectivity index (χ2n) is 6.41. The minimum atomic E-state index is -0.800. The lowest BCUT2D eigenvalue weighted by atomic mass is 10.0. The third-order valence-electron chi connectivity index (χ3n) is 4.69. The standard InChI is InChI=1S/C22H18N2O3/c25-19-13-7-6-12-18(19)23-21(26)20(15-8-2-1-3-9-15)24-14-16-10-4-5-11-17(16)22(24)27/h1-13,20,25H,14H2,(H,23,26)/t20-/m1/s1. The van der Waals surface area contributed by atoms with E-state index in [4.69, 9.17) is 0 Å². The number of hydrogen-bond donors (Lipinski definition) is 2. The van der Waals surface area contributed by atoms with Gasteiger partial charge in [-0.2, -0.15) is 0 Å². The van der Waals surface area contributed by atoms with Gasteiger partial charge in [0.05, 0.1) is 5.69 Å². The predicted molar refractivity (Wildman–Crippen MR) is 102 cm³/mol. The first-order valence-electron chi connectivity index (χ1n) is 8.68. The molecular formula is C22H18N2O3. The number of carbonyl (C=O) groups is 2. The van der Waals surface area contributed by atoms with Gasteiger partial charge >= 0.3 is 0 Å². The number of para-hydroxylation sites is 2. The van der Waals surface area contributed by atoms with Crippen LogP contribution in [0.4, 0.5) is 5.69 Å². The molecule has 2 amide bonds. The van der Waals surface area contributed by atoms with E-state index in [1.807, 2.05) is 48.5 Å². The molecule has 0 fully saturated rings. The molecule has 0 saturated heterocycles. The van der Waals surface area contributed by atoms with Crippen molar-refractivity contribution in [1.29, 1.82) is 0 Å². The lowest BCUT2D eigenvalue weighted by Gasteiger charge is -2.27. The molecule has 5 nitrogen and oxygen atoms in total. The van der Waals surface area contributed by atoms with E-state index in [0.717, 1.165) is 5.56 Å². The van der Waals surface area contributed by atoms with Crippen molar-refractivity contribution >= 4 is 17.5 Å². The van der Waals surface area contributed by atoms with E-state index >= 15 is 0 Å². The summed E-state index contributed by atoms with van der Waals surface area (Å²) >= 11 is 0. The summed E-state index contributed by atoms with van der Waals surface area (Å²) in [4.78, 5) is 27.6. The van der Waals surface area contributed by atoms with Crippen molar-refractivity contribution in [1.82, 2.24) is 4.90 Å². The molecule has 0 radical (unpaired) electrons. The number of phenolic OH excluding ortho intramolecular Hbond substituents is 1. The first-order chi connectivity index (χ1) is 13.1. The molecule has 134 valence electrons. The SMILES string of the molecule is O=C(Nc1ccccc1O)[C@@H](c1ccccc1)N1Cc2ccccc2C1=O. The summed E-state index contributed by atoms with van der Waals surface area (Å²) in [6.45, 7) is 0.364. The Morgan fingerprint density at radius 2 is 1.59 bits per heavy atom. The lowest BCUT2D eigenvalue weighted by Crippen LogP contribution is -2.37. The number of carbonyl (C=O) groups excluding carboxylic acids is 2. The normalized spacial score (nSPS) is 13.9. The van der Waals surface area contributed by atoms with E-state index in [0.29, 0.717) is 23.4 Å². The molecule has 2 N–H and O–H groups in total. The van der Waals surface area contributed by atoms with Crippen LogP contribution in [0.2, 0.25) is 0 Å². The highest BCUT2D eigenvalue weighted by molar-refractivity contribution is 6.04. The van der Waals surface area contributed by atoms with Crippen LogP contribution in [0.5, 0.6) is 5.75 Å². The molecule has 3 aromatic rings. The summed E-state index contributed by atoms with van der Waals surface area (Å²) in [6.07, 6.45) is 0. The van der Waals surface area contributed by atoms with Crippen molar-refractivity contribution in [3.8, 4) is 5.75 Å². The van der Waals surface area contributed by atoms with Crippen molar-refractivity contribution < 1.29 is 14.7 Å². The number of phenols is 1. The van der Waals surface area contributed by atoms with Crippen LogP contribution in [0.1, 0.15) is 27.5 Å². The maximum Gasteiger partial charge on any atom is 0.255 e. The summed E-state index contributed by atoms with van der Waals surface area (Å²) < 4.78 is 0. The Labute approximate surface area is 156 Å². The van der Waals surface area contributed by atoms with Gasteiger partial charge in [0.15, 0.2) is 0 Å². The number of rotatable bonds is 4. The fraction of sp³-hybridized carbons (Fsp3) is 0.0909. The highest BCUT2D eigenvalue weighted by Crippen LogP contribution is 2.33. The molecule has 1 heterocycles. The Balaban J connectivity index is 1.70. The molecule has 5 heteroatoms. The van der Waals surface area contributed by atoms with Crippen LogP contribution < -0.4 is 5.32 Å². The molecule has 0 spiro atoms. The fourth-order valence-corrected chi connectivity index (χ4v) is 3.37. The first kappa shape index (κ1) is 16.8. The zero-order chi connectivity index (χ0) is 18.8. The molecule has 3 aromatic carbocycles. The predicted octanol–water partition coefficient (Wildman–Crippen LogP) is 3.73. The van der Waals surface area contributed by atoms with Crippen LogP contribution >= 0.6 is 0 Å². The minimum Gasteiger partial charge on any atom is -0.506 e. The second kappa shape index (κ2) is 6.96. The number of hydrogen-bond acceptors (Lipinski definition) is 3. The number of amides is 2. The second-order valence-corrected chi connectivity index (χ2v) is 6.41. The molecule has 1 atom stereocenters. The summed E-state index contributed by atoms with van der Waals surface area (Å²) in [5, 5.41) is 12.7. The smallest absolute Gasteiger partial charge is 0.255 e. The van der Waals surface area contributed by atoms with Gasteiger partial charge in [-0.05, 0) is 29.3 Å². The Morgan fingerprint density at radius 1 is 0.926 bits per heavy atom. The largest absolute Gasteiger partial charge is 0.506 e. The molecule has 0 bridgehead atoms. The Hall–Kier alpha value is -3.60. The quantitative estimate of drug-likeness (QED) is 0.698. The van der Waals surface area contributed by atoms with Crippen molar-refractivity contribution in [2.75, 3.05) is 5.32 Å². The van der Waals surface area contributed by atoms with Crippen LogP contribution in [0.15, 0.2) is 78.9 Å². The van der Waals surface area contributed by atoms with Crippen molar-refractivity contribution in [3.63, 3.8) is 0 Å². The van der Waals surface area contributed by atoms with E-state index < -0.39 is 6.04 Å². The van der Waals surface area contributed by atoms with Crippen molar-refractivity contribution in [3.05, 3.63) is 95.6 Å². The molecule has 0 unspecified atom stereocenters. The van der Waals surface area contributed by atoms with Gasteiger partial charge in [-0.1, -0.05) is 60.7 Å². The zero-order valence-corrected chi connectivity index (χ0v) is 14.5. The van der Waals surface area contributed by atoms with Crippen LogP contribution in [-0.4, -0.2) is 21.8 Å². The Morgan fingerprint density at radius 3 is 2.33 bits per heavy atom. The van der Waals surface area contributed by atoms with E-state index in [1.54, 1.807) is 29.2 Å². The Bertz CT molecular complexity index is 1000. The van der Waals surface area contributed by atoms with Gasteiger partial charge in [0.25, 0.3) is 11.8 Å². The van der Waals surface area contributed by atoms with Crippen LogP contribution in [0.25, 0.3) is 0 Å². The van der Waals surface area contributed by atoms with Crippen molar-refractivity contribution in [2.45, 2.75) is 12.6 Å². The van der Waals surface area contributed by atoms with Crippen LogP contribution in [-0.2, 0) is 11.3 Å². The summed E-state index contributed by atoms with van der Waals surface area (Å²) in [6, 6.07) is 22.3. The average Bonchev–Trinajstić information content (AvgIpc) is 3.01. The molecule has 0 aromatic heterocycles. The van der Waals surface area contributed by atoms with Gasteiger partial charge in [-0.15, -0.1) is 0 Å². The number of benzene rings is 3. The number of anilines is 1. The maximum absolute atomic E-state index is 13.1. The Kier molecular flexibility index (Phi) is 4.34. The van der Waals surface area contributed by atoms with Gasteiger partial charge in [0, 0.05) is 12.1 Å². The van der Waals surface area contributed by atoms with Gasteiger partial charge in [-0.25, -0.2) is 0 Å². The molecule has 1 aliphatic rings. The lowest BCUT2D eigenvalue weighted by molar-refractivity contribution is -0.120. The maximum atomic E-state index is 13.1. The summed E-state index contributed by atoms with van der Waals surface area (Å²) in [5.41, 5.74) is 2.55. The van der Waals surface area contributed by atoms with E-state index in [2.05, 4.69) is 5.32 Å². The minimum absolute atomic E-state index is 0.0197. The van der Waals surface area contributed by atoms with E-state index in [1.165, 1.54) is 6.07 Å². The van der Waals surface area contributed by atoms with Gasteiger partial charge < -0.3 is 15.3 Å². The molecule has 27 heavy (non-hydrogen) atoms. The van der Waals surface area contributed by atoms with Crippen molar-refractivity contribution in [2.24, 2.45) is 0 Å². The number of nitrogens with one attached hydrogen (secondary N) is 1. The highest BCUT2D eigenvalue weighted by Gasteiger charge is 2.37.